The van der Waals surface area contributed by atoms with E-state index in [-0.39, 0.29) is 0 Å². The monoisotopic (exact) mass is 338 g/mol. The van der Waals surface area contributed by atoms with Crippen LogP contribution in [-0.4, -0.2) is 30.6 Å². The highest BCUT2D eigenvalue weighted by Gasteiger charge is 2.23. The summed E-state index contributed by atoms with van der Waals surface area (Å²) in [5, 5.41) is 0. The number of nitrogens with two attached hydrogens (primary N) is 1. The first-order chi connectivity index (χ1) is 12.2. The second-order valence-electron chi connectivity index (χ2n) is 6.66. The Hall–Kier alpha value is -2.33. The highest BCUT2D eigenvalue weighted by molar-refractivity contribution is 5.68. The van der Waals surface area contributed by atoms with E-state index in [0.717, 1.165) is 44.5 Å². The second-order valence-corrected chi connectivity index (χ2v) is 6.66. The van der Waals surface area contributed by atoms with Gasteiger partial charge in [0.2, 0.25) is 0 Å². The number of primary amides is 1. The summed E-state index contributed by atoms with van der Waals surface area (Å²) < 4.78 is 5.16. The maximum absolute atomic E-state index is 11.1. The minimum Gasteiger partial charge on any atom is -0.410 e. The summed E-state index contributed by atoms with van der Waals surface area (Å²) in [5.41, 5.74) is 7.69. The van der Waals surface area contributed by atoms with Crippen LogP contribution in [0.2, 0.25) is 0 Å². The molecule has 2 aromatic rings. The van der Waals surface area contributed by atoms with Gasteiger partial charge in [0.25, 0.3) is 0 Å². The van der Waals surface area contributed by atoms with Crippen molar-refractivity contribution >= 4 is 6.09 Å². The lowest BCUT2D eigenvalue weighted by Gasteiger charge is -2.32. The molecule has 3 rings (SSSR count). The molecule has 0 saturated carbocycles. The number of amides is 1. The van der Waals surface area contributed by atoms with E-state index in [4.69, 9.17) is 10.5 Å². The average molecular weight is 338 g/mol. The van der Waals surface area contributed by atoms with Crippen molar-refractivity contribution in [2.45, 2.75) is 31.6 Å². The quantitative estimate of drug-likeness (QED) is 0.867. The van der Waals surface area contributed by atoms with Crippen LogP contribution >= 0.6 is 0 Å². The van der Waals surface area contributed by atoms with Gasteiger partial charge in [-0.2, -0.15) is 0 Å². The SMILES string of the molecule is NC(=O)Oc1ccccc1C1CCN(CCCc2ccccc2)CC1. The Morgan fingerprint density at radius 1 is 1.04 bits per heavy atom. The Kier molecular flexibility index (Phi) is 6.07. The zero-order valence-corrected chi connectivity index (χ0v) is 14.6. The van der Waals surface area contributed by atoms with E-state index in [2.05, 4.69) is 35.2 Å². The highest BCUT2D eigenvalue weighted by Crippen LogP contribution is 2.34. The first kappa shape index (κ1) is 17.5. The van der Waals surface area contributed by atoms with Crippen molar-refractivity contribution in [3.8, 4) is 5.75 Å². The molecule has 0 radical (unpaired) electrons. The van der Waals surface area contributed by atoms with Gasteiger partial charge in [-0.3, -0.25) is 0 Å². The lowest BCUT2D eigenvalue weighted by atomic mass is 9.88. The molecule has 0 bridgehead atoms. The minimum absolute atomic E-state index is 0.431. The van der Waals surface area contributed by atoms with Gasteiger partial charge in [0.1, 0.15) is 5.75 Å². The van der Waals surface area contributed by atoms with Crippen LogP contribution in [0.25, 0.3) is 0 Å². The first-order valence-corrected chi connectivity index (χ1v) is 9.05. The van der Waals surface area contributed by atoms with Crippen molar-refractivity contribution in [1.82, 2.24) is 4.90 Å². The summed E-state index contributed by atoms with van der Waals surface area (Å²) in [6.07, 6.45) is 3.76. The second kappa shape index (κ2) is 8.67. The number of hydrogen-bond donors (Lipinski definition) is 1. The number of carbonyl (C=O) groups is 1. The van der Waals surface area contributed by atoms with Crippen LogP contribution in [-0.2, 0) is 6.42 Å². The topological polar surface area (TPSA) is 55.6 Å². The summed E-state index contributed by atoms with van der Waals surface area (Å²) in [4.78, 5) is 13.6. The maximum atomic E-state index is 11.1. The summed E-state index contributed by atoms with van der Waals surface area (Å²) in [6, 6.07) is 18.4. The fraction of sp³-hybridized carbons (Fsp3) is 0.381. The van der Waals surface area contributed by atoms with E-state index in [9.17, 15) is 4.79 Å². The van der Waals surface area contributed by atoms with Gasteiger partial charge in [-0.25, -0.2) is 4.79 Å². The summed E-state index contributed by atoms with van der Waals surface area (Å²) >= 11 is 0. The average Bonchev–Trinajstić information content (AvgIpc) is 2.63. The molecular weight excluding hydrogens is 312 g/mol. The molecule has 1 aliphatic heterocycles. The molecule has 1 heterocycles. The van der Waals surface area contributed by atoms with Crippen molar-refractivity contribution in [2.75, 3.05) is 19.6 Å². The number of rotatable bonds is 6. The number of hydrogen-bond acceptors (Lipinski definition) is 3. The van der Waals surface area contributed by atoms with Gasteiger partial charge in [-0.15, -0.1) is 0 Å². The highest BCUT2D eigenvalue weighted by atomic mass is 16.5. The Bertz CT molecular complexity index is 679. The molecule has 1 fully saturated rings. The van der Waals surface area contributed by atoms with Gasteiger partial charge in [0, 0.05) is 0 Å². The Morgan fingerprint density at radius 2 is 1.72 bits per heavy atom. The normalized spacial score (nSPS) is 15.8. The predicted octanol–water partition coefficient (Wildman–Crippen LogP) is 3.96. The molecule has 25 heavy (non-hydrogen) atoms. The van der Waals surface area contributed by atoms with E-state index in [1.165, 1.54) is 12.0 Å². The molecular formula is C21H26N2O2. The molecule has 1 aliphatic rings. The van der Waals surface area contributed by atoms with Crippen molar-refractivity contribution in [1.29, 1.82) is 0 Å². The fourth-order valence-electron chi connectivity index (χ4n) is 3.64. The van der Waals surface area contributed by atoms with Crippen LogP contribution < -0.4 is 10.5 Å². The van der Waals surface area contributed by atoms with Gasteiger partial charge in [-0.05, 0) is 68.4 Å². The lowest BCUT2D eigenvalue weighted by Crippen LogP contribution is -2.34. The van der Waals surface area contributed by atoms with E-state index < -0.39 is 6.09 Å². The maximum Gasteiger partial charge on any atom is 0.409 e. The van der Waals surface area contributed by atoms with Crippen molar-refractivity contribution in [3.05, 3.63) is 65.7 Å². The standard InChI is InChI=1S/C21H26N2O2/c22-21(24)25-20-11-5-4-10-19(20)18-12-15-23(16-13-18)14-6-9-17-7-2-1-3-8-17/h1-5,7-8,10-11,18H,6,9,12-16H2,(H2,22,24). The third-order valence-corrected chi connectivity index (χ3v) is 4.94. The Morgan fingerprint density at radius 3 is 2.44 bits per heavy atom. The van der Waals surface area contributed by atoms with Crippen LogP contribution in [0.3, 0.4) is 0 Å². The number of para-hydroxylation sites is 1. The smallest absolute Gasteiger partial charge is 0.409 e. The van der Waals surface area contributed by atoms with Crippen LogP contribution in [0.1, 0.15) is 36.3 Å². The Balaban J connectivity index is 1.48. The molecule has 0 atom stereocenters. The van der Waals surface area contributed by atoms with Gasteiger partial charge in [0.15, 0.2) is 0 Å². The van der Waals surface area contributed by atoms with Crippen LogP contribution in [0.15, 0.2) is 54.6 Å². The van der Waals surface area contributed by atoms with Gasteiger partial charge < -0.3 is 15.4 Å². The van der Waals surface area contributed by atoms with Crippen LogP contribution in [0.5, 0.6) is 5.75 Å². The molecule has 132 valence electrons. The number of ether oxygens (including phenoxy) is 1. The fourth-order valence-corrected chi connectivity index (χ4v) is 3.64. The molecule has 2 aromatic carbocycles. The van der Waals surface area contributed by atoms with Crippen LogP contribution in [0.4, 0.5) is 4.79 Å². The van der Waals surface area contributed by atoms with Crippen molar-refractivity contribution < 1.29 is 9.53 Å². The van der Waals surface area contributed by atoms with E-state index in [0.29, 0.717) is 11.7 Å². The molecule has 4 heteroatoms. The molecule has 1 saturated heterocycles. The minimum atomic E-state index is -0.745. The number of likely N-dealkylation sites (tertiary alicyclic amines) is 1. The number of nitrogens with zero attached hydrogens (tertiary/aromatic N) is 1. The molecule has 2 N–H and O–H groups in total. The molecule has 4 nitrogen and oxygen atoms in total. The molecule has 0 unspecified atom stereocenters. The van der Waals surface area contributed by atoms with E-state index >= 15 is 0 Å². The molecule has 0 spiro atoms. The van der Waals surface area contributed by atoms with Crippen molar-refractivity contribution in [3.63, 3.8) is 0 Å². The number of benzene rings is 2. The third-order valence-electron chi connectivity index (χ3n) is 4.94. The Labute approximate surface area is 149 Å². The number of carbonyl (C=O) groups excluding carboxylic acids is 1. The molecule has 1 amide bonds. The number of piperidine rings is 1. The zero-order chi connectivity index (χ0) is 17.5. The third kappa shape index (κ3) is 5.07. The summed E-state index contributed by atoms with van der Waals surface area (Å²) in [5.74, 6) is 1.04. The predicted molar refractivity (Wildman–Crippen MR) is 99.8 cm³/mol. The molecule has 0 aromatic heterocycles. The summed E-state index contributed by atoms with van der Waals surface area (Å²) in [6.45, 7) is 3.32. The zero-order valence-electron chi connectivity index (χ0n) is 14.6. The van der Waals surface area contributed by atoms with Gasteiger partial charge in [0.05, 0.1) is 0 Å². The lowest BCUT2D eigenvalue weighted by molar-refractivity contribution is 0.202. The largest absolute Gasteiger partial charge is 0.410 e. The van der Waals surface area contributed by atoms with E-state index in [1.54, 1.807) is 0 Å². The first-order valence-electron chi connectivity index (χ1n) is 9.05. The number of aryl methyl sites for hydroxylation is 1. The van der Waals surface area contributed by atoms with Crippen molar-refractivity contribution in [2.24, 2.45) is 5.73 Å². The van der Waals surface area contributed by atoms with E-state index in [1.807, 2.05) is 24.3 Å². The van der Waals surface area contributed by atoms with Gasteiger partial charge in [-0.1, -0.05) is 48.5 Å². The van der Waals surface area contributed by atoms with Gasteiger partial charge >= 0.3 is 6.09 Å². The molecule has 0 aliphatic carbocycles. The van der Waals surface area contributed by atoms with Crippen LogP contribution in [0, 0.1) is 0 Å². The summed E-state index contributed by atoms with van der Waals surface area (Å²) in [7, 11) is 0.